The lowest BCUT2D eigenvalue weighted by Crippen LogP contribution is -2.37. The van der Waals surface area contributed by atoms with Gasteiger partial charge >= 0.3 is 0 Å². The Kier molecular flexibility index (Phi) is 7.38. The van der Waals surface area contributed by atoms with Crippen molar-refractivity contribution >= 4 is 27.3 Å². The topological polar surface area (TPSA) is 76.1 Å². The summed E-state index contributed by atoms with van der Waals surface area (Å²) in [5.74, 6) is 0.921. The Morgan fingerprint density at radius 2 is 1.80 bits per heavy atom. The number of hydrogen-bond donors (Lipinski definition) is 0. The molecule has 3 rings (SSSR count). The van der Waals surface area contributed by atoms with Gasteiger partial charge in [-0.3, -0.25) is 4.79 Å². The molecule has 0 bridgehead atoms. The zero-order valence-corrected chi connectivity index (χ0v) is 19.2. The Balaban J connectivity index is 1.84. The molecule has 164 valence electrons. The number of rotatable bonds is 8. The van der Waals surface area contributed by atoms with E-state index in [0.717, 1.165) is 24.8 Å². The van der Waals surface area contributed by atoms with E-state index in [1.807, 2.05) is 19.1 Å². The molecule has 1 amide bonds. The van der Waals surface area contributed by atoms with Gasteiger partial charge in [-0.15, -0.1) is 11.3 Å². The molecule has 2 heterocycles. The summed E-state index contributed by atoms with van der Waals surface area (Å²) in [7, 11) is -0.536. The van der Waals surface area contributed by atoms with E-state index >= 15 is 0 Å². The average molecular weight is 453 g/mol. The largest absolute Gasteiger partial charge is 0.493 e. The molecule has 0 aliphatic carbocycles. The zero-order valence-electron chi connectivity index (χ0n) is 17.6. The van der Waals surface area contributed by atoms with Crippen molar-refractivity contribution < 1.29 is 22.7 Å². The highest BCUT2D eigenvalue weighted by Gasteiger charge is 2.32. The van der Waals surface area contributed by atoms with Gasteiger partial charge in [-0.2, -0.15) is 4.31 Å². The highest BCUT2D eigenvalue weighted by molar-refractivity contribution is 7.89. The molecule has 1 aliphatic rings. The quantitative estimate of drug-likeness (QED) is 0.612. The van der Waals surface area contributed by atoms with Crippen molar-refractivity contribution in [2.75, 3.05) is 33.9 Å². The molecule has 1 aromatic heterocycles. The Labute approximate surface area is 182 Å². The maximum absolute atomic E-state index is 13.3. The van der Waals surface area contributed by atoms with Gasteiger partial charge in [-0.25, -0.2) is 8.42 Å². The van der Waals surface area contributed by atoms with Crippen molar-refractivity contribution in [3.8, 4) is 11.5 Å². The summed E-state index contributed by atoms with van der Waals surface area (Å²) in [5.41, 5.74) is 0.875. The molecular weight excluding hydrogens is 424 g/mol. The Bertz CT molecular complexity index is 981. The minimum absolute atomic E-state index is 0.116. The molecule has 9 heteroatoms. The van der Waals surface area contributed by atoms with Gasteiger partial charge in [0.1, 0.15) is 9.77 Å². The molecule has 30 heavy (non-hydrogen) atoms. The van der Waals surface area contributed by atoms with E-state index in [1.54, 1.807) is 36.6 Å². The Hall–Kier alpha value is -2.10. The van der Waals surface area contributed by atoms with Crippen LogP contribution in [0.1, 0.15) is 41.4 Å². The number of carbonyl (C=O) groups excluding carboxylic acids is 1. The fourth-order valence-corrected chi connectivity index (χ4v) is 6.45. The molecule has 0 atom stereocenters. The van der Waals surface area contributed by atoms with Crippen LogP contribution in [-0.2, 0) is 16.6 Å². The van der Waals surface area contributed by atoms with Crippen molar-refractivity contribution in [2.24, 2.45) is 0 Å². The molecule has 2 aromatic rings. The third-order valence-corrected chi connectivity index (χ3v) is 8.22. The summed E-state index contributed by atoms with van der Waals surface area (Å²) in [6.07, 6.45) is 2.75. The normalized spacial score (nSPS) is 15.0. The predicted octanol–water partition coefficient (Wildman–Crippen LogP) is 3.60. The molecule has 1 aromatic carbocycles. The van der Waals surface area contributed by atoms with Gasteiger partial charge < -0.3 is 14.4 Å². The summed E-state index contributed by atoms with van der Waals surface area (Å²) >= 11 is 1.17. The monoisotopic (exact) mass is 452 g/mol. The van der Waals surface area contributed by atoms with Crippen LogP contribution >= 0.6 is 11.3 Å². The molecule has 1 fully saturated rings. The zero-order chi connectivity index (χ0) is 21.7. The first-order chi connectivity index (χ1) is 14.4. The minimum Gasteiger partial charge on any atom is -0.493 e. The summed E-state index contributed by atoms with van der Waals surface area (Å²) in [6.45, 7) is 3.69. The Morgan fingerprint density at radius 1 is 1.10 bits per heavy atom. The fraction of sp³-hybridized carbons (Fsp3) is 0.476. The number of methoxy groups -OCH3 is 2. The number of benzene rings is 1. The van der Waals surface area contributed by atoms with Gasteiger partial charge in [0, 0.05) is 26.2 Å². The van der Waals surface area contributed by atoms with E-state index < -0.39 is 10.0 Å². The first kappa shape index (κ1) is 22.6. The first-order valence-corrected chi connectivity index (χ1v) is 12.3. The standard InChI is InChI=1S/C21H28N2O5S2/c1-4-22(15-16-8-9-17(27-2)18(14-16)28-3)21(24)20-19(10-13-29-20)30(25,26)23-11-6-5-7-12-23/h8-10,13-14H,4-7,11-12,15H2,1-3H3. The summed E-state index contributed by atoms with van der Waals surface area (Å²) in [5, 5.41) is 1.67. The number of hydrogen-bond acceptors (Lipinski definition) is 6. The molecule has 0 N–H and O–H groups in total. The van der Waals surface area contributed by atoms with E-state index in [2.05, 4.69) is 0 Å². The number of amides is 1. The molecule has 0 spiro atoms. The average Bonchev–Trinajstić information content (AvgIpc) is 3.28. The van der Waals surface area contributed by atoms with Crippen molar-refractivity contribution in [1.29, 1.82) is 0 Å². The van der Waals surface area contributed by atoms with E-state index in [1.165, 1.54) is 15.6 Å². The molecule has 1 aliphatic heterocycles. The van der Waals surface area contributed by atoms with Crippen molar-refractivity contribution in [3.63, 3.8) is 0 Å². The minimum atomic E-state index is -3.67. The van der Waals surface area contributed by atoms with Crippen LogP contribution in [0.4, 0.5) is 0 Å². The van der Waals surface area contributed by atoms with Gasteiger partial charge in [0.05, 0.1) is 14.2 Å². The lowest BCUT2D eigenvalue weighted by molar-refractivity contribution is 0.0753. The van der Waals surface area contributed by atoms with Crippen LogP contribution in [0.3, 0.4) is 0 Å². The third kappa shape index (κ3) is 4.63. The molecule has 0 unspecified atom stereocenters. The number of carbonyl (C=O) groups is 1. The number of piperidine rings is 1. The number of thiophene rings is 1. The molecule has 0 saturated carbocycles. The number of sulfonamides is 1. The van der Waals surface area contributed by atoms with E-state index in [9.17, 15) is 13.2 Å². The van der Waals surface area contributed by atoms with E-state index in [0.29, 0.717) is 37.7 Å². The van der Waals surface area contributed by atoms with E-state index in [-0.39, 0.29) is 15.7 Å². The fourth-order valence-electron chi connectivity index (χ4n) is 3.57. The van der Waals surface area contributed by atoms with Gasteiger partial charge in [0.15, 0.2) is 11.5 Å². The molecule has 1 saturated heterocycles. The smallest absolute Gasteiger partial charge is 0.265 e. The van der Waals surface area contributed by atoms with Gasteiger partial charge in [0.25, 0.3) is 5.91 Å². The van der Waals surface area contributed by atoms with Crippen LogP contribution in [-0.4, -0.2) is 57.4 Å². The molecular formula is C21H28N2O5S2. The highest BCUT2D eigenvalue weighted by atomic mass is 32.2. The lowest BCUT2D eigenvalue weighted by Gasteiger charge is -2.26. The van der Waals surface area contributed by atoms with Crippen molar-refractivity contribution in [2.45, 2.75) is 37.6 Å². The van der Waals surface area contributed by atoms with Gasteiger partial charge in [0.2, 0.25) is 10.0 Å². The molecule has 7 nitrogen and oxygen atoms in total. The highest BCUT2D eigenvalue weighted by Crippen LogP contribution is 2.30. The van der Waals surface area contributed by atoms with Gasteiger partial charge in [-0.05, 0) is 48.9 Å². The van der Waals surface area contributed by atoms with Crippen LogP contribution in [0.15, 0.2) is 34.5 Å². The summed E-state index contributed by atoms with van der Waals surface area (Å²) in [6, 6.07) is 7.04. The third-order valence-electron chi connectivity index (χ3n) is 5.25. The van der Waals surface area contributed by atoms with Crippen LogP contribution in [0.5, 0.6) is 11.5 Å². The summed E-state index contributed by atoms with van der Waals surface area (Å²) in [4.78, 5) is 15.3. The SMILES string of the molecule is CCN(Cc1ccc(OC)c(OC)c1)C(=O)c1sccc1S(=O)(=O)N1CCCCC1. The second-order valence-corrected chi connectivity index (χ2v) is 9.91. The van der Waals surface area contributed by atoms with Gasteiger partial charge in [-0.1, -0.05) is 12.5 Å². The van der Waals surface area contributed by atoms with Crippen molar-refractivity contribution in [3.05, 3.63) is 40.1 Å². The lowest BCUT2D eigenvalue weighted by atomic mass is 10.2. The maximum Gasteiger partial charge on any atom is 0.265 e. The van der Waals surface area contributed by atoms with E-state index in [4.69, 9.17) is 9.47 Å². The van der Waals surface area contributed by atoms with Crippen LogP contribution in [0.25, 0.3) is 0 Å². The van der Waals surface area contributed by atoms with Crippen LogP contribution < -0.4 is 9.47 Å². The van der Waals surface area contributed by atoms with Crippen molar-refractivity contribution in [1.82, 2.24) is 9.21 Å². The summed E-state index contributed by atoms with van der Waals surface area (Å²) < 4.78 is 38.4. The second kappa shape index (κ2) is 9.80. The molecule has 0 radical (unpaired) electrons. The Morgan fingerprint density at radius 3 is 2.43 bits per heavy atom. The number of ether oxygens (including phenoxy) is 2. The maximum atomic E-state index is 13.3. The predicted molar refractivity (Wildman–Crippen MR) is 117 cm³/mol. The number of nitrogens with zero attached hydrogens (tertiary/aromatic N) is 2. The first-order valence-electron chi connectivity index (χ1n) is 10.00. The van der Waals surface area contributed by atoms with Crippen LogP contribution in [0.2, 0.25) is 0 Å². The second-order valence-electron chi connectivity index (χ2n) is 7.09. The van der Waals surface area contributed by atoms with Crippen LogP contribution in [0, 0.1) is 0 Å².